The van der Waals surface area contributed by atoms with Crippen molar-refractivity contribution in [2.45, 2.75) is 0 Å². The molecule has 10 heteroatoms. The Balaban J connectivity index is 2.27. The Bertz CT molecular complexity index is 877. The number of hydrogen-bond donors (Lipinski definition) is 6. The van der Waals surface area contributed by atoms with Crippen LogP contribution >= 0.6 is 0 Å². The Hall–Kier alpha value is -3.95. The van der Waals surface area contributed by atoms with E-state index in [0.29, 0.717) is 11.3 Å². The van der Waals surface area contributed by atoms with Gasteiger partial charge in [-0.1, -0.05) is 12.1 Å². The highest BCUT2D eigenvalue weighted by Crippen LogP contribution is 2.21. The highest BCUT2D eigenvalue weighted by Gasteiger charge is 2.13. The second-order valence-corrected chi connectivity index (χ2v) is 5.37. The summed E-state index contributed by atoms with van der Waals surface area (Å²) in [6.07, 6.45) is 4.24. The zero-order valence-corrected chi connectivity index (χ0v) is 14.6. The van der Waals surface area contributed by atoms with Crippen LogP contribution in [0.2, 0.25) is 0 Å². The lowest BCUT2D eigenvalue weighted by Gasteiger charge is -2.11. The molecule has 2 amide bonds. The van der Waals surface area contributed by atoms with Gasteiger partial charge in [0.15, 0.2) is 11.5 Å². The van der Waals surface area contributed by atoms with Crippen LogP contribution < -0.4 is 27.4 Å². The number of primary amides is 2. The molecular formula is C17H20N8O2. The molecule has 1 heterocycles. The predicted molar refractivity (Wildman–Crippen MR) is 104 cm³/mol. The maximum atomic E-state index is 11.6. The van der Waals surface area contributed by atoms with Crippen molar-refractivity contribution in [2.75, 3.05) is 24.2 Å². The van der Waals surface area contributed by atoms with E-state index in [2.05, 4.69) is 25.9 Å². The van der Waals surface area contributed by atoms with E-state index in [9.17, 15) is 9.59 Å². The fraction of sp³-hybridized carbons (Fsp3) is 0.118. The van der Waals surface area contributed by atoms with Gasteiger partial charge in [-0.25, -0.2) is 9.97 Å². The third-order valence-electron chi connectivity index (χ3n) is 3.39. The van der Waals surface area contributed by atoms with Crippen LogP contribution in [0.3, 0.4) is 0 Å². The summed E-state index contributed by atoms with van der Waals surface area (Å²) in [6.45, 7) is -0.122. The van der Waals surface area contributed by atoms with E-state index in [1.807, 2.05) is 12.1 Å². The summed E-state index contributed by atoms with van der Waals surface area (Å²) in [5.74, 6) is -0.896. The monoisotopic (exact) mass is 368 g/mol. The van der Waals surface area contributed by atoms with Gasteiger partial charge in [0.2, 0.25) is 5.91 Å². The van der Waals surface area contributed by atoms with Gasteiger partial charge in [-0.3, -0.25) is 9.59 Å². The standard InChI is InChI=1S/C17H20N8O2/c1-21-7-11(6-18)10-2-4-12(5-3-10)24-17-15(16(20)27)23-9-14(25-17)22-8-13(19)26/h2-7,9,18,21H,8H2,1H3,(H2,19,26)(H2,20,27)(H2,22,24,25)/b11-7+,18-6?. The van der Waals surface area contributed by atoms with Crippen LogP contribution in [-0.4, -0.2) is 41.6 Å². The molecule has 2 aromatic rings. The summed E-state index contributed by atoms with van der Waals surface area (Å²) in [4.78, 5) is 30.7. The Morgan fingerprint density at radius 1 is 1.22 bits per heavy atom. The summed E-state index contributed by atoms with van der Waals surface area (Å²) in [7, 11) is 1.75. The van der Waals surface area contributed by atoms with Crippen molar-refractivity contribution >= 4 is 40.9 Å². The summed E-state index contributed by atoms with van der Waals surface area (Å²) >= 11 is 0. The maximum Gasteiger partial charge on any atom is 0.271 e. The SMILES string of the molecule is CN/C=C(\C=N)c1ccc(Nc2nc(NCC(N)=O)cnc2C(N)=O)cc1. The minimum atomic E-state index is -0.744. The first-order valence-corrected chi connectivity index (χ1v) is 7.89. The van der Waals surface area contributed by atoms with Crippen molar-refractivity contribution in [2.24, 2.45) is 11.5 Å². The minimum Gasteiger partial charge on any atom is -0.393 e. The number of nitrogens with two attached hydrogens (primary N) is 2. The molecule has 0 bridgehead atoms. The number of nitrogens with zero attached hydrogens (tertiary/aromatic N) is 2. The third kappa shape index (κ3) is 5.26. The molecule has 27 heavy (non-hydrogen) atoms. The number of anilines is 3. The smallest absolute Gasteiger partial charge is 0.271 e. The van der Waals surface area contributed by atoms with E-state index < -0.39 is 11.8 Å². The first-order valence-electron chi connectivity index (χ1n) is 7.89. The van der Waals surface area contributed by atoms with Crippen LogP contribution in [0.4, 0.5) is 17.3 Å². The van der Waals surface area contributed by atoms with Crippen molar-refractivity contribution in [1.82, 2.24) is 15.3 Å². The Labute approximate surface area is 155 Å². The van der Waals surface area contributed by atoms with Gasteiger partial charge in [0.1, 0.15) is 5.82 Å². The molecule has 0 atom stereocenters. The zero-order chi connectivity index (χ0) is 19.8. The Morgan fingerprint density at radius 3 is 2.48 bits per heavy atom. The molecule has 140 valence electrons. The summed E-state index contributed by atoms with van der Waals surface area (Å²) in [5, 5.41) is 16.0. The highest BCUT2D eigenvalue weighted by atomic mass is 16.1. The van der Waals surface area contributed by atoms with Crippen molar-refractivity contribution < 1.29 is 9.59 Å². The van der Waals surface area contributed by atoms with E-state index in [-0.39, 0.29) is 23.9 Å². The molecule has 0 aliphatic heterocycles. The first-order chi connectivity index (χ1) is 12.9. The normalized spacial score (nSPS) is 10.8. The number of aromatic nitrogens is 2. The predicted octanol–water partition coefficient (Wildman–Crippen LogP) is 0.426. The molecule has 0 radical (unpaired) electrons. The van der Waals surface area contributed by atoms with Crippen molar-refractivity contribution in [3.8, 4) is 0 Å². The third-order valence-corrected chi connectivity index (χ3v) is 3.39. The van der Waals surface area contributed by atoms with E-state index in [1.165, 1.54) is 12.4 Å². The number of amides is 2. The van der Waals surface area contributed by atoms with Gasteiger partial charge >= 0.3 is 0 Å². The molecule has 8 N–H and O–H groups in total. The summed E-state index contributed by atoms with van der Waals surface area (Å²) < 4.78 is 0. The fourth-order valence-corrected chi connectivity index (χ4v) is 2.17. The number of carbonyl (C=O) groups is 2. The van der Waals surface area contributed by atoms with Crippen LogP contribution in [0.5, 0.6) is 0 Å². The molecule has 1 aromatic heterocycles. The fourth-order valence-electron chi connectivity index (χ4n) is 2.17. The number of carbonyl (C=O) groups excluding carboxylic acids is 2. The van der Waals surface area contributed by atoms with Crippen LogP contribution in [-0.2, 0) is 4.79 Å². The van der Waals surface area contributed by atoms with Crippen molar-refractivity contribution in [1.29, 1.82) is 5.41 Å². The highest BCUT2D eigenvalue weighted by molar-refractivity contribution is 6.08. The largest absolute Gasteiger partial charge is 0.393 e. The van der Waals surface area contributed by atoms with Crippen LogP contribution in [0.25, 0.3) is 5.57 Å². The first kappa shape index (κ1) is 19.4. The number of hydrogen-bond acceptors (Lipinski definition) is 8. The zero-order valence-electron chi connectivity index (χ0n) is 14.6. The lowest BCUT2D eigenvalue weighted by atomic mass is 10.1. The van der Waals surface area contributed by atoms with Gasteiger partial charge in [0, 0.05) is 30.7 Å². The van der Waals surface area contributed by atoms with Crippen molar-refractivity contribution in [3.05, 3.63) is 47.9 Å². The van der Waals surface area contributed by atoms with Gasteiger partial charge in [0.05, 0.1) is 12.7 Å². The number of allylic oxidation sites excluding steroid dienone is 1. The Kier molecular flexibility index (Phi) is 6.42. The second kappa shape index (κ2) is 8.94. The molecule has 0 fully saturated rings. The second-order valence-electron chi connectivity index (χ2n) is 5.37. The maximum absolute atomic E-state index is 11.6. The average Bonchev–Trinajstić information content (AvgIpc) is 2.65. The van der Waals surface area contributed by atoms with E-state index in [4.69, 9.17) is 16.9 Å². The number of benzene rings is 1. The van der Waals surface area contributed by atoms with E-state index in [1.54, 1.807) is 25.4 Å². The molecule has 0 aliphatic rings. The van der Waals surface area contributed by atoms with Gasteiger partial charge in [-0.15, -0.1) is 0 Å². The number of nitrogens with one attached hydrogen (secondary N) is 4. The molecule has 2 rings (SSSR count). The molecule has 0 spiro atoms. The molecule has 0 unspecified atom stereocenters. The van der Waals surface area contributed by atoms with Gasteiger partial charge in [-0.05, 0) is 17.7 Å². The summed E-state index contributed by atoms with van der Waals surface area (Å²) in [6, 6.07) is 7.14. The minimum absolute atomic E-state index is 0.0426. The van der Waals surface area contributed by atoms with Gasteiger partial charge in [0.25, 0.3) is 5.91 Å². The molecule has 0 aliphatic carbocycles. The molecule has 10 nitrogen and oxygen atoms in total. The summed E-state index contributed by atoms with van der Waals surface area (Å²) in [5.41, 5.74) is 12.6. The lowest BCUT2D eigenvalue weighted by Crippen LogP contribution is -2.23. The number of rotatable bonds is 9. The van der Waals surface area contributed by atoms with Crippen LogP contribution in [0.15, 0.2) is 36.7 Å². The topological polar surface area (TPSA) is 172 Å². The van der Waals surface area contributed by atoms with Crippen LogP contribution in [0, 0.1) is 5.41 Å². The molecule has 0 saturated carbocycles. The average molecular weight is 368 g/mol. The van der Waals surface area contributed by atoms with Gasteiger partial charge < -0.3 is 32.8 Å². The van der Waals surface area contributed by atoms with Crippen molar-refractivity contribution in [3.63, 3.8) is 0 Å². The van der Waals surface area contributed by atoms with E-state index >= 15 is 0 Å². The van der Waals surface area contributed by atoms with Gasteiger partial charge in [-0.2, -0.15) is 0 Å². The molecule has 0 saturated heterocycles. The lowest BCUT2D eigenvalue weighted by molar-refractivity contribution is -0.116. The van der Waals surface area contributed by atoms with E-state index in [0.717, 1.165) is 5.56 Å². The Morgan fingerprint density at radius 2 is 1.93 bits per heavy atom. The molecule has 1 aromatic carbocycles. The molecular weight excluding hydrogens is 348 g/mol. The van der Waals surface area contributed by atoms with Crippen LogP contribution in [0.1, 0.15) is 16.1 Å². The quantitative estimate of drug-likeness (QED) is 0.348.